The highest BCUT2D eigenvalue weighted by Crippen LogP contribution is 2.47. The summed E-state index contributed by atoms with van der Waals surface area (Å²) in [7, 11) is 0. The van der Waals surface area contributed by atoms with Gasteiger partial charge in [-0.15, -0.1) is 0 Å². The third-order valence-corrected chi connectivity index (χ3v) is 9.86. The van der Waals surface area contributed by atoms with E-state index in [-0.39, 0.29) is 17.1 Å². The molecular formula is C36H49N5O3. The summed E-state index contributed by atoms with van der Waals surface area (Å²) in [5.74, 6) is 0.928. The highest BCUT2D eigenvalue weighted by molar-refractivity contribution is 6.09. The van der Waals surface area contributed by atoms with Crippen LogP contribution in [0.3, 0.4) is 0 Å². The van der Waals surface area contributed by atoms with Crippen molar-refractivity contribution in [3.8, 4) is 11.8 Å². The first kappa shape index (κ1) is 30.6. The smallest absolute Gasteiger partial charge is 0.318 e. The summed E-state index contributed by atoms with van der Waals surface area (Å²) in [6.45, 7) is 14.5. The number of fused-ring (bicyclic) bond motifs is 2. The van der Waals surface area contributed by atoms with Crippen LogP contribution < -0.4 is 9.64 Å². The minimum absolute atomic E-state index is 0.0978. The van der Waals surface area contributed by atoms with Crippen molar-refractivity contribution >= 4 is 22.5 Å². The Kier molecular flexibility index (Phi) is 8.99. The van der Waals surface area contributed by atoms with Gasteiger partial charge in [0, 0.05) is 30.1 Å². The fourth-order valence-electron chi connectivity index (χ4n) is 7.31. The van der Waals surface area contributed by atoms with E-state index in [1.807, 2.05) is 30.0 Å². The first-order chi connectivity index (χ1) is 21.3. The third-order valence-electron chi connectivity index (χ3n) is 9.86. The SMILES string of the molecule is CCCN(CCC)CC1(COc2nc3c(c(N4CCCCCC4C)n2)CN(C(=O)c2cc(O)cc4cccc(C)c24)C3)CC1. The molecule has 6 rings (SSSR count). The molecule has 0 bridgehead atoms. The zero-order chi connectivity index (χ0) is 30.8. The summed E-state index contributed by atoms with van der Waals surface area (Å²) < 4.78 is 6.47. The van der Waals surface area contributed by atoms with Crippen molar-refractivity contribution in [2.45, 2.75) is 98.2 Å². The summed E-state index contributed by atoms with van der Waals surface area (Å²) in [5.41, 5.74) is 3.62. The number of aromatic nitrogens is 2. The van der Waals surface area contributed by atoms with Crippen LogP contribution in [-0.4, -0.2) is 69.6 Å². The van der Waals surface area contributed by atoms with Gasteiger partial charge in [0.25, 0.3) is 5.91 Å². The summed E-state index contributed by atoms with van der Waals surface area (Å²) in [6.07, 6.45) is 9.38. The van der Waals surface area contributed by atoms with E-state index < -0.39 is 0 Å². The van der Waals surface area contributed by atoms with Crippen LogP contribution in [0.2, 0.25) is 0 Å². The Bertz CT molecular complexity index is 1500. The van der Waals surface area contributed by atoms with Crippen molar-refractivity contribution in [1.82, 2.24) is 19.8 Å². The van der Waals surface area contributed by atoms with Gasteiger partial charge in [0.15, 0.2) is 0 Å². The molecule has 1 saturated carbocycles. The van der Waals surface area contributed by atoms with Gasteiger partial charge in [0.2, 0.25) is 0 Å². The molecule has 1 amide bonds. The minimum atomic E-state index is -0.0978. The van der Waals surface area contributed by atoms with Crippen molar-refractivity contribution in [2.24, 2.45) is 5.41 Å². The van der Waals surface area contributed by atoms with E-state index in [0.717, 1.165) is 85.3 Å². The first-order valence-corrected chi connectivity index (χ1v) is 16.8. The lowest BCUT2D eigenvalue weighted by molar-refractivity contribution is 0.0752. The molecule has 2 fully saturated rings. The molecule has 0 radical (unpaired) electrons. The maximum atomic E-state index is 14.1. The molecule has 1 unspecified atom stereocenters. The Morgan fingerprint density at radius 1 is 1.09 bits per heavy atom. The van der Waals surface area contributed by atoms with Gasteiger partial charge in [0.05, 0.1) is 31.0 Å². The van der Waals surface area contributed by atoms with Gasteiger partial charge in [-0.2, -0.15) is 9.97 Å². The summed E-state index contributed by atoms with van der Waals surface area (Å²) in [5, 5.41) is 12.3. The Morgan fingerprint density at radius 2 is 1.89 bits per heavy atom. The second kappa shape index (κ2) is 12.9. The number of hydrogen-bond acceptors (Lipinski definition) is 7. The second-order valence-electron chi connectivity index (χ2n) is 13.5. The average Bonchev–Trinajstić information content (AvgIpc) is 3.68. The molecule has 1 N–H and O–H groups in total. The number of carbonyl (C=O) groups excluding carboxylic acids is 1. The summed E-state index contributed by atoms with van der Waals surface area (Å²) >= 11 is 0. The van der Waals surface area contributed by atoms with Crippen LogP contribution in [0.4, 0.5) is 5.82 Å². The lowest BCUT2D eigenvalue weighted by atomic mass is 9.98. The standard InChI is InChI=1S/C36H49N5O3/c1-5-16-39(17-6-2)23-36(14-15-36)24-44-35-37-31-22-40(21-30(31)33(38-35)41-18-9-7-8-12-26(41)4)34(43)29-20-28(42)19-27-13-10-11-25(3)32(27)29/h10-11,13,19-20,26,42H,5-9,12,14-18,21-24H2,1-4H3. The Labute approximate surface area is 262 Å². The quantitative estimate of drug-likeness (QED) is 0.258. The molecule has 2 aromatic carbocycles. The van der Waals surface area contributed by atoms with Crippen LogP contribution in [-0.2, 0) is 13.1 Å². The zero-order valence-electron chi connectivity index (χ0n) is 27.1. The van der Waals surface area contributed by atoms with Crippen LogP contribution in [0.15, 0.2) is 30.3 Å². The predicted molar refractivity (Wildman–Crippen MR) is 175 cm³/mol. The number of rotatable bonds is 11. The van der Waals surface area contributed by atoms with E-state index in [1.165, 1.54) is 25.7 Å². The lowest BCUT2D eigenvalue weighted by Gasteiger charge is -2.30. The highest BCUT2D eigenvalue weighted by atomic mass is 16.5. The van der Waals surface area contributed by atoms with Crippen LogP contribution in [0, 0.1) is 12.3 Å². The Balaban J connectivity index is 1.29. The molecule has 1 aliphatic carbocycles. The van der Waals surface area contributed by atoms with E-state index in [0.29, 0.717) is 37.3 Å². The molecule has 1 saturated heterocycles. The lowest BCUT2D eigenvalue weighted by Crippen LogP contribution is -2.35. The summed E-state index contributed by atoms with van der Waals surface area (Å²) in [6, 6.07) is 10.0. The molecule has 3 aromatic rings. The number of phenols is 1. The van der Waals surface area contributed by atoms with E-state index in [9.17, 15) is 9.90 Å². The fraction of sp³-hybridized carbons (Fsp3) is 0.583. The molecule has 3 heterocycles. The highest BCUT2D eigenvalue weighted by Gasteiger charge is 2.45. The van der Waals surface area contributed by atoms with Gasteiger partial charge in [-0.05, 0) is 93.9 Å². The molecule has 1 atom stereocenters. The minimum Gasteiger partial charge on any atom is -0.508 e. The number of ether oxygens (including phenoxy) is 1. The molecule has 8 heteroatoms. The van der Waals surface area contributed by atoms with Crippen molar-refractivity contribution in [1.29, 1.82) is 0 Å². The number of benzene rings is 2. The topological polar surface area (TPSA) is 82.0 Å². The number of amides is 1. The van der Waals surface area contributed by atoms with Crippen molar-refractivity contribution in [3.05, 3.63) is 52.7 Å². The summed E-state index contributed by atoms with van der Waals surface area (Å²) in [4.78, 5) is 31.0. The molecule has 8 nitrogen and oxygen atoms in total. The number of aryl methyl sites for hydroxylation is 1. The molecule has 1 aromatic heterocycles. The molecule has 0 spiro atoms. The number of nitrogens with zero attached hydrogens (tertiary/aromatic N) is 5. The monoisotopic (exact) mass is 599 g/mol. The maximum absolute atomic E-state index is 14.1. The Hall–Kier alpha value is -3.39. The number of aromatic hydroxyl groups is 1. The number of anilines is 1. The van der Waals surface area contributed by atoms with Gasteiger partial charge in [-0.1, -0.05) is 44.9 Å². The molecule has 44 heavy (non-hydrogen) atoms. The molecular weight excluding hydrogens is 550 g/mol. The number of phenolic OH excluding ortho intramolecular Hbond substituents is 1. The van der Waals surface area contributed by atoms with Crippen LogP contribution in [0.1, 0.15) is 99.3 Å². The van der Waals surface area contributed by atoms with Crippen LogP contribution in [0.5, 0.6) is 11.8 Å². The van der Waals surface area contributed by atoms with Crippen molar-refractivity contribution in [3.63, 3.8) is 0 Å². The Morgan fingerprint density at radius 3 is 2.64 bits per heavy atom. The molecule has 3 aliphatic rings. The van der Waals surface area contributed by atoms with Gasteiger partial charge in [-0.25, -0.2) is 0 Å². The van der Waals surface area contributed by atoms with Crippen molar-refractivity contribution < 1.29 is 14.6 Å². The normalized spacial score (nSPS) is 19.3. The molecule has 236 valence electrons. The predicted octanol–water partition coefficient (Wildman–Crippen LogP) is 6.85. The van der Waals surface area contributed by atoms with Gasteiger partial charge >= 0.3 is 6.01 Å². The van der Waals surface area contributed by atoms with E-state index in [4.69, 9.17) is 14.7 Å². The van der Waals surface area contributed by atoms with Crippen LogP contribution in [0.25, 0.3) is 10.8 Å². The second-order valence-corrected chi connectivity index (χ2v) is 13.5. The van der Waals surface area contributed by atoms with E-state index in [1.54, 1.807) is 12.1 Å². The largest absolute Gasteiger partial charge is 0.508 e. The average molecular weight is 600 g/mol. The van der Waals surface area contributed by atoms with Gasteiger partial charge in [-0.3, -0.25) is 4.79 Å². The van der Waals surface area contributed by atoms with Crippen molar-refractivity contribution in [2.75, 3.05) is 37.7 Å². The fourth-order valence-corrected chi connectivity index (χ4v) is 7.31. The van der Waals surface area contributed by atoms with E-state index >= 15 is 0 Å². The van der Waals surface area contributed by atoms with Gasteiger partial charge < -0.3 is 24.5 Å². The third kappa shape index (κ3) is 6.37. The zero-order valence-corrected chi connectivity index (χ0v) is 27.1. The number of hydrogen-bond donors (Lipinski definition) is 1. The number of carbonyl (C=O) groups is 1. The first-order valence-electron chi connectivity index (χ1n) is 16.8. The van der Waals surface area contributed by atoms with E-state index in [2.05, 4.69) is 30.6 Å². The van der Waals surface area contributed by atoms with Crippen LogP contribution >= 0.6 is 0 Å². The van der Waals surface area contributed by atoms with Gasteiger partial charge in [0.1, 0.15) is 11.6 Å². The molecule has 2 aliphatic heterocycles. The maximum Gasteiger partial charge on any atom is 0.318 e.